The second-order valence-corrected chi connectivity index (χ2v) is 5.95. The van der Waals surface area contributed by atoms with Crippen molar-refractivity contribution in [2.24, 2.45) is 0 Å². The summed E-state index contributed by atoms with van der Waals surface area (Å²) < 4.78 is 21.8. The molecule has 0 bridgehead atoms. The molecule has 0 fully saturated rings. The Labute approximate surface area is 155 Å². The van der Waals surface area contributed by atoms with Gasteiger partial charge in [0.15, 0.2) is 23.0 Å². The Hall–Kier alpha value is -3.66. The lowest BCUT2D eigenvalue weighted by Gasteiger charge is -2.08. The van der Waals surface area contributed by atoms with Gasteiger partial charge in [0.05, 0.1) is 13.2 Å². The van der Waals surface area contributed by atoms with Gasteiger partial charge < -0.3 is 24.3 Å². The highest BCUT2D eigenvalue weighted by Gasteiger charge is 2.16. The quantitative estimate of drug-likeness (QED) is 0.665. The number of benzene rings is 2. The van der Waals surface area contributed by atoms with Crippen molar-refractivity contribution in [2.45, 2.75) is 6.42 Å². The van der Waals surface area contributed by atoms with Gasteiger partial charge in [0.2, 0.25) is 6.79 Å². The van der Waals surface area contributed by atoms with Gasteiger partial charge in [-0.05, 0) is 35.9 Å². The summed E-state index contributed by atoms with van der Waals surface area (Å²) in [6, 6.07) is 12.3. The van der Waals surface area contributed by atoms with E-state index in [9.17, 15) is 10.1 Å². The van der Waals surface area contributed by atoms with E-state index in [0.29, 0.717) is 47.5 Å². The smallest absolute Gasteiger partial charge is 0.266 e. The number of hydrogen-bond acceptors (Lipinski definition) is 6. The number of carbonyl (C=O) groups is 1. The minimum absolute atomic E-state index is 0.0258. The van der Waals surface area contributed by atoms with Crippen LogP contribution in [0.15, 0.2) is 42.0 Å². The molecule has 2 aliphatic rings. The highest BCUT2D eigenvalue weighted by atomic mass is 16.7. The summed E-state index contributed by atoms with van der Waals surface area (Å²) in [5, 5.41) is 12.1. The zero-order valence-electron chi connectivity index (χ0n) is 14.4. The van der Waals surface area contributed by atoms with Gasteiger partial charge in [-0.1, -0.05) is 6.07 Å². The van der Waals surface area contributed by atoms with E-state index in [1.165, 1.54) is 6.08 Å². The van der Waals surface area contributed by atoms with Crippen LogP contribution in [-0.4, -0.2) is 25.9 Å². The molecular weight excluding hydrogens is 348 g/mol. The van der Waals surface area contributed by atoms with Crippen LogP contribution >= 0.6 is 0 Å². The minimum atomic E-state index is -0.511. The van der Waals surface area contributed by atoms with Crippen LogP contribution in [0.5, 0.6) is 23.0 Å². The van der Waals surface area contributed by atoms with E-state index in [2.05, 4.69) is 5.32 Å². The first-order valence-electron chi connectivity index (χ1n) is 8.45. The molecule has 0 aliphatic carbocycles. The average Bonchev–Trinajstić information content (AvgIpc) is 3.02. The van der Waals surface area contributed by atoms with Gasteiger partial charge in [-0.25, -0.2) is 0 Å². The van der Waals surface area contributed by atoms with Crippen LogP contribution in [0.25, 0.3) is 6.08 Å². The first kappa shape index (κ1) is 16.8. The molecule has 2 heterocycles. The number of nitrogens with zero attached hydrogens (tertiary/aromatic N) is 1. The van der Waals surface area contributed by atoms with Gasteiger partial charge in [-0.2, -0.15) is 5.26 Å². The summed E-state index contributed by atoms with van der Waals surface area (Å²) >= 11 is 0. The van der Waals surface area contributed by atoms with E-state index >= 15 is 0 Å². The summed E-state index contributed by atoms with van der Waals surface area (Å²) in [5.74, 6) is 1.93. The van der Waals surface area contributed by atoms with Crippen molar-refractivity contribution in [3.8, 4) is 29.1 Å². The highest BCUT2D eigenvalue weighted by Crippen LogP contribution is 2.34. The molecule has 2 aliphatic heterocycles. The third-order valence-corrected chi connectivity index (χ3v) is 4.08. The molecule has 0 atom stereocenters. The predicted octanol–water partition coefficient (Wildman–Crippen LogP) is 3.12. The lowest BCUT2D eigenvalue weighted by atomic mass is 10.1. The van der Waals surface area contributed by atoms with Crippen molar-refractivity contribution in [3.05, 3.63) is 47.5 Å². The summed E-state index contributed by atoms with van der Waals surface area (Å²) in [4.78, 5) is 12.5. The maximum Gasteiger partial charge on any atom is 0.266 e. The zero-order valence-corrected chi connectivity index (χ0v) is 14.4. The van der Waals surface area contributed by atoms with Crippen LogP contribution in [0, 0.1) is 11.3 Å². The second-order valence-electron chi connectivity index (χ2n) is 5.95. The molecule has 136 valence electrons. The van der Waals surface area contributed by atoms with Crippen molar-refractivity contribution in [1.82, 2.24) is 0 Å². The van der Waals surface area contributed by atoms with Crippen LogP contribution in [-0.2, 0) is 4.79 Å². The fourth-order valence-corrected chi connectivity index (χ4v) is 2.76. The first-order valence-corrected chi connectivity index (χ1v) is 8.45. The Balaban J connectivity index is 1.53. The average molecular weight is 364 g/mol. The monoisotopic (exact) mass is 364 g/mol. The molecule has 0 aromatic heterocycles. The molecule has 27 heavy (non-hydrogen) atoms. The number of nitrogens with one attached hydrogen (secondary N) is 1. The fourth-order valence-electron chi connectivity index (χ4n) is 2.76. The normalized spacial score (nSPS) is 14.9. The van der Waals surface area contributed by atoms with Gasteiger partial charge in [0, 0.05) is 18.2 Å². The lowest BCUT2D eigenvalue weighted by Crippen LogP contribution is -2.13. The highest BCUT2D eigenvalue weighted by molar-refractivity contribution is 6.09. The maximum absolute atomic E-state index is 12.5. The third-order valence-electron chi connectivity index (χ3n) is 4.08. The van der Waals surface area contributed by atoms with Gasteiger partial charge in [0.1, 0.15) is 11.6 Å². The van der Waals surface area contributed by atoms with E-state index in [4.69, 9.17) is 18.9 Å². The number of nitriles is 1. The van der Waals surface area contributed by atoms with Crippen molar-refractivity contribution in [3.63, 3.8) is 0 Å². The van der Waals surface area contributed by atoms with Crippen LogP contribution in [0.3, 0.4) is 0 Å². The molecule has 1 amide bonds. The minimum Gasteiger partial charge on any atom is -0.490 e. The van der Waals surface area contributed by atoms with Crippen molar-refractivity contribution < 1.29 is 23.7 Å². The summed E-state index contributed by atoms with van der Waals surface area (Å²) in [5.41, 5.74) is 1.17. The van der Waals surface area contributed by atoms with Gasteiger partial charge in [-0.3, -0.25) is 4.79 Å². The molecule has 0 spiro atoms. The van der Waals surface area contributed by atoms with Crippen LogP contribution in [0.4, 0.5) is 5.69 Å². The Bertz CT molecular complexity index is 961. The van der Waals surface area contributed by atoms with Crippen molar-refractivity contribution in [1.29, 1.82) is 5.26 Å². The van der Waals surface area contributed by atoms with Crippen molar-refractivity contribution in [2.75, 3.05) is 25.3 Å². The molecule has 0 saturated heterocycles. The summed E-state index contributed by atoms with van der Waals surface area (Å²) in [6.07, 6.45) is 2.32. The number of amides is 1. The number of ether oxygens (including phenoxy) is 4. The van der Waals surface area contributed by atoms with E-state index in [1.807, 2.05) is 6.07 Å². The summed E-state index contributed by atoms with van der Waals surface area (Å²) in [7, 11) is 0. The fraction of sp³-hybridized carbons (Fsp3) is 0.200. The van der Waals surface area contributed by atoms with Gasteiger partial charge in [0.25, 0.3) is 5.91 Å². The Kier molecular flexibility index (Phi) is 4.54. The molecule has 4 rings (SSSR count). The molecule has 0 radical (unpaired) electrons. The zero-order chi connectivity index (χ0) is 18.6. The van der Waals surface area contributed by atoms with E-state index < -0.39 is 5.91 Å². The number of fused-ring (bicyclic) bond motifs is 2. The van der Waals surface area contributed by atoms with Gasteiger partial charge >= 0.3 is 0 Å². The Morgan fingerprint density at radius 3 is 2.52 bits per heavy atom. The molecule has 1 N–H and O–H groups in total. The standard InChI is InChI=1S/C20H16N2O5/c21-11-14(8-13-2-4-16-18(9-13)25-7-1-6-24-16)20(23)22-15-3-5-17-19(10-15)27-12-26-17/h2-5,8-10H,1,6-7,12H2,(H,22,23)/b14-8+. The first-order chi connectivity index (χ1) is 13.2. The van der Waals surface area contributed by atoms with E-state index in [0.717, 1.165) is 6.42 Å². The molecule has 0 unspecified atom stereocenters. The van der Waals surface area contributed by atoms with Crippen LogP contribution in [0.1, 0.15) is 12.0 Å². The predicted molar refractivity (Wildman–Crippen MR) is 96.8 cm³/mol. The molecule has 7 nitrogen and oxygen atoms in total. The largest absolute Gasteiger partial charge is 0.490 e. The molecule has 0 saturated carbocycles. The van der Waals surface area contributed by atoms with E-state index in [-0.39, 0.29) is 12.4 Å². The van der Waals surface area contributed by atoms with Gasteiger partial charge in [-0.15, -0.1) is 0 Å². The summed E-state index contributed by atoms with van der Waals surface area (Å²) in [6.45, 7) is 1.32. The topological polar surface area (TPSA) is 89.8 Å². The Morgan fingerprint density at radius 1 is 0.963 bits per heavy atom. The Morgan fingerprint density at radius 2 is 1.67 bits per heavy atom. The lowest BCUT2D eigenvalue weighted by molar-refractivity contribution is -0.112. The molecule has 7 heteroatoms. The molecule has 2 aromatic rings. The van der Waals surface area contributed by atoms with Crippen molar-refractivity contribution >= 4 is 17.7 Å². The number of hydrogen-bond donors (Lipinski definition) is 1. The number of anilines is 1. The second kappa shape index (κ2) is 7.30. The van der Waals surface area contributed by atoms with Crippen LogP contribution in [0.2, 0.25) is 0 Å². The molecule has 2 aromatic carbocycles. The van der Waals surface area contributed by atoms with E-state index in [1.54, 1.807) is 36.4 Å². The number of carbonyl (C=O) groups excluding carboxylic acids is 1. The third kappa shape index (κ3) is 3.65. The van der Waals surface area contributed by atoms with Crippen LogP contribution < -0.4 is 24.3 Å². The molecular formula is C20H16N2O5. The maximum atomic E-state index is 12.5. The number of rotatable bonds is 3. The SMILES string of the molecule is N#C/C(=C\c1ccc2c(c1)OCCCO2)C(=O)Nc1ccc2c(c1)OCO2.